The molecule has 1 amide bonds. The van der Waals surface area contributed by atoms with Crippen LogP contribution in [0.25, 0.3) is 22.0 Å². The summed E-state index contributed by atoms with van der Waals surface area (Å²) in [6.07, 6.45) is 6.33. The molecule has 0 bridgehead atoms. The summed E-state index contributed by atoms with van der Waals surface area (Å²) in [5.41, 5.74) is 9.89. The van der Waals surface area contributed by atoms with E-state index in [0.29, 0.717) is 18.1 Å². The van der Waals surface area contributed by atoms with Crippen molar-refractivity contribution in [1.29, 1.82) is 5.26 Å². The lowest BCUT2D eigenvalue weighted by Crippen LogP contribution is -2.15. The van der Waals surface area contributed by atoms with Crippen molar-refractivity contribution in [2.24, 2.45) is 11.8 Å². The van der Waals surface area contributed by atoms with Gasteiger partial charge in [-0.05, 0) is 54.8 Å². The summed E-state index contributed by atoms with van der Waals surface area (Å²) in [5.74, 6) is 0.833. The number of nitrogen functional groups attached to an aromatic ring is 1. The number of anilines is 2. The second kappa shape index (κ2) is 6.89. The molecule has 0 unspecified atom stereocenters. The van der Waals surface area contributed by atoms with E-state index >= 15 is 0 Å². The van der Waals surface area contributed by atoms with Gasteiger partial charge in [-0.25, -0.2) is 9.97 Å². The number of nitrogens with zero attached hydrogens (tertiary/aromatic N) is 4. The van der Waals surface area contributed by atoms with Gasteiger partial charge < -0.3 is 11.1 Å². The van der Waals surface area contributed by atoms with E-state index in [4.69, 9.17) is 11.0 Å². The minimum atomic E-state index is -0.102. The molecule has 0 aromatic carbocycles. The van der Waals surface area contributed by atoms with Crippen LogP contribution in [0.1, 0.15) is 24.0 Å². The van der Waals surface area contributed by atoms with Crippen LogP contribution in [0.15, 0.2) is 30.7 Å². The minimum Gasteiger partial charge on any atom is -0.383 e. The van der Waals surface area contributed by atoms with E-state index in [9.17, 15) is 4.79 Å². The molecule has 140 valence electrons. The second-order valence-corrected chi connectivity index (χ2v) is 7.23. The highest BCUT2D eigenvalue weighted by atomic mass is 16.2. The van der Waals surface area contributed by atoms with Crippen LogP contribution in [0.3, 0.4) is 0 Å². The number of aryl methyl sites for hydroxylation is 2. The minimum absolute atomic E-state index is 0.0879. The van der Waals surface area contributed by atoms with Crippen LogP contribution in [-0.4, -0.2) is 20.9 Å². The summed E-state index contributed by atoms with van der Waals surface area (Å²) >= 11 is 0. The largest absolute Gasteiger partial charge is 0.383 e. The Hall–Kier alpha value is -3.53. The van der Waals surface area contributed by atoms with Crippen molar-refractivity contribution in [2.45, 2.75) is 26.7 Å². The molecule has 3 heterocycles. The zero-order valence-corrected chi connectivity index (χ0v) is 15.7. The Morgan fingerprint density at radius 3 is 2.93 bits per heavy atom. The molecule has 0 spiro atoms. The number of nitriles is 1. The summed E-state index contributed by atoms with van der Waals surface area (Å²) < 4.78 is 0. The molecule has 1 fully saturated rings. The number of aromatic nitrogens is 3. The summed E-state index contributed by atoms with van der Waals surface area (Å²) in [6.45, 7) is 3.98. The Labute approximate surface area is 162 Å². The number of carbonyl (C=O) groups is 1. The third-order valence-corrected chi connectivity index (χ3v) is 5.33. The number of hydrogen-bond donors (Lipinski definition) is 2. The molecule has 3 aromatic heterocycles. The average Bonchev–Trinajstić information content (AvgIpc) is 3.45. The lowest BCUT2D eigenvalue weighted by atomic mass is 10.00. The van der Waals surface area contributed by atoms with Gasteiger partial charge in [0.1, 0.15) is 11.6 Å². The molecule has 1 aliphatic rings. The number of amides is 1. The zero-order chi connectivity index (χ0) is 19.8. The molecule has 0 saturated heterocycles. The van der Waals surface area contributed by atoms with Crippen molar-refractivity contribution in [1.82, 2.24) is 15.0 Å². The van der Waals surface area contributed by atoms with Crippen LogP contribution in [-0.2, 0) is 4.79 Å². The van der Waals surface area contributed by atoms with E-state index in [1.165, 1.54) is 0 Å². The SMILES string of the molecule is Cc1ccncc1-c1nc(N)c2cnc(NC(=O)[C@@H]3C[C@H]3CC#N)cc2c1C. The molecule has 28 heavy (non-hydrogen) atoms. The number of carbonyl (C=O) groups excluding carboxylic acids is 1. The van der Waals surface area contributed by atoms with Crippen molar-refractivity contribution in [3.05, 3.63) is 41.9 Å². The second-order valence-electron chi connectivity index (χ2n) is 7.23. The van der Waals surface area contributed by atoms with E-state index in [2.05, 4.69) is 26.3 Å². The first-order valence-electron chi connectivity index (χ1n) is 9.14. The third-order valence-electron chi connectivity index (χ3n) is 5.33. The van der Waals surface area contributed by atoms with Gasteiger partial charge in [-0.15, -0.1) is 0 Å². The third kappa shape index (κ3) is 3.14. The maximum absolute atomic E-state index is 12.4. The molecule has 3 N–H and O–H groups in total. The molecule has 1 aliphatic carbocycles. The van der Waals surface area contributed by atoms with Crippen molar-refractivity contribution < 1.29 is 4.79 Å². The predicted molar refractivity (Wildman–Crippen MR) is 107 cm³/mol. The molecule has 0 radical (unpaired) electrons. The van der Waals surface area contributed by atoms with Crippen molar-refractivity contribution >= 4 is 28.3 Å². The Kier molecular flexibility index (Phi) is 4.40. The van der Waals surface area contributed by atoms with Gasteiger partial charge in [0.05, 0.1) is 11.8 Å². The Balaban J connectivity index is 1.71. The first kappa shape index (κ1) is 17.9. The van der Waals surface area contributed by atoms with Gasteiger partial charge in [0.15, 0.2) is 0 Å². The Bertz CT molecular complexity index is 1130. The maximum atomic E-state index is 12.4. The number of nitrogens with one attached hydrogen (secondary N) is 1. The van der Waals surface area contributed by atoms with E-state index in [1.807, 2.05) is 26.0 Å². The number of fused-ring (bicyclic) bond motifs is 1. The first-order valence-corrected chi connectivity index (χ1v) is 9.14. The lowest BCUT2D eigenvalue weighted by molar-refractivity contribution is -0.117. The summed E-state index contributed by atoms with van der Waals surface area (Å²) in [5, 5.41) is 13.3. The molecule has 7 nitrogen and oxygen atoms in total. The fourth-order valence-electron chi connectivity index (χ4n) is 3.53. The van der Waals surface area contributed by atoms with E-state index < -0.39 is 0 Å². The van der Waals surface area contributed by atoms with E-state index in [-0.39, 0.29) is 17.7 Å². The van der Waals surface area contributed by atoms with Gasteiger partial charge in [-0.1, -0.05) is 0 Å². The zero-order valence-electron chi connectivity index (χ0n) is 15.7. The van der Waals surface area contributed by atoms with Crippen molar-refractivity contribution in [3.63, 3.8) is 0 Å². The predicted octanol–water partition coefficient (Wildman–Crippen LogP) is 3.38. The maximum Gasteiger partial charge on any atom is 0.228 e. The van der Waals surface area contributed by atoms with Crippen LogP contribution < -0.4 is 11.1 Å². The average molecular weight is 372 g/mol. The van der Waals surface area contributed by atoms with Crippen LogP contribution >= 0.6 is 0 Å². The van der Waals surface area contributed by atoms with E-state index in [0.717, 1.165) is 39.6 Å². The van der Waals surface area contributed by atoms with Gasteiger partial charge in [0.25, 0.3) is 0 Å². The molecule has 0 aliphatic heterocycles. The molecular formula is C21H20N6O. The fraction of sp³-hybridized carbons (Fsp3) is 0.286. The summed E-state index contributed by atoms with van der Waals surface area (Å²) in [6, 6.07) is 5.88. The van der Waals surface area contributed by atoms with Gasteiger partial charge in [0, 0.05) is 41.9 Å². The standard InChI is InChI=1S/C21H20N6O/c1-11-4-6-24-9-16(11)19-12(2)14-8-18(25-10-17(14)20(23)27-19)26-21(28)15-7-13(15)3-5-22/h4,6,8-10,13,15H,3,7H2,1-2H3,(H2,23,27)(H,25,26,28)/t13-,15-/m1/s1. The topological polar surface area (TPSA) is 118 Å². The van der Waals surface area contributed by atoms with Crippen LogP contribution in [0.2, 0.25) is 0 Å². The Morgan fingerprint density at radius 2 is 2.18 bits per heavy atom. The van der Waals surface area contributed by atoms with Gasteiger partial charge >= 0.3 is 0 Å². The lowest BCUT2D eigenvalue weighted by Gasteiger charge is -2.13. The summed E-state index contributed by atoms with van der Waals surface area (Å²) in [4.78, 5) is 25.5. The number of nitrogens with two attached hydrogens (primary N) is 1. The van der Waals surface area contributed by atoms with Gasteiger partial charge in [0.2, 0.25) is 5.91 Å². The van der Waals surface area contributed by atoms with Crippen molar-refractivity contribution in [2.75, 3.05) is 11.1 Å². The molecular weight excluding hydrogens is 352 g/mol. The number of rotatable bonds is 4. The van der Waals surface area contributed by atoms with E-state index in [1.54, 1.807) is 18.6 Å². The first-order chi connectivity index (χ1) is 13.5. The fourth-order valence-corrected chi connectivity index (χ4v) is 3.53. The number of hydrogen-bond acceptors (Lipinski definition) is 6. The normalized spacial score (nSPS) is 17.9. The molecule has 7 heteroatoms. The summed E-state index contributed by atoms with van der Waals surface area (Å²) in [7, 11) is 0. The smallest absolute Gasteiger partial charge is 0.228 e. The van der Waals surface area contributed by atoms with Gasteiger partial charge in [-0.2, -0.15) is 5.26 Å². The van der Waals surface area contributed by atoms with Gasteiger partial charge in [-0.3, -0.25) is 9.78 Å². The highest BCUT2D eigenvalue weighted by Gasteiger charge is 2.42. The number of pyridine rings is 3. The van der Waals surface area contributed by atoms with Crippen LogP contribution in [0.4, 0.5) is 11.6 Å². The Morgan fingerprint density at radius 1 is 1.36 bits per heavy atom. The van der Waals surface area contributed by atoms with Crippen molar-refractivity contribution in [3.8, 4) is 17.3 Å². The highest BCUT2D eigenvalue weighted by Crippen LogP contribution is 2.41. The molecule has 2 atom stereocenters. The quantitative estimate of drug-likeness (QED) is 0.725. The molecule has 1 saturated carbocycles. The molecule has 3 aromatic rings. The highest BCUT2D eigenvalue weighted by molar-refractivity contribution is 6.00. The van der Waals surface area contributed by atoms with Crippen LogP contribution in [0, 0.1) is 37.0 Å². The monoisotopic (exact) mass is 372 g/mol. The van der Waals surface area contributed by atoms with Crippen LogP contribution in [0.5, 0.6) is 0 Å². The molecule has 4 rings (SSSR count).